The van der Waals surface area contributed by atoms with Crippen LogP contribution in [0.1, 0.15) is 24.1 Å². The summed E-state index contributed by atoms with van der Waals surface area (Å²) in [5.74, 6) is -0.230. The van der Waals surface area contributed by atoms with E-state index in [0.717, 1.165) is 10.6 Å². The van der Waals surface area contributed by atoms with E-state index in [0.29, 0.717) is 23.4 Å². The van der Waals surface area contributed by atoms with Gasteiger partial charge in [0.05, 0.1) is 18.2 Å². The van der Waals surface area contributed by atoms with Crippen molar-refractivity contribution < 1.29 is 14.6 Å². The summed E-state index contributed by atoms with van der Waals surface area (Å²) >= 11 is 1.51. The Morgan fingerprint density at radius 2 is 2.04 bits per heavy atom. The van der Waals surface area contributed by atoms with Crippen molar-refractivity contribution in [3.63, 3.8) is 0 Å². The summed E-state index contributed by atoms with van der Waals surface area (Å²) in [7, 11) is 0. The number of carbonyl (C=O) groups is 1. The van der Waals surface area contributed by atoms with Gasteiger partial charge in [0.2, 0.25) is 0 Å². The van der Waals surface area contributed by atoms with Crippen molar-refractivity contribution in [1.29, 1.82) is 5.26 Å². The molecule has 0 amide bonds. The van der Waals surface area contributed by atoms with Gasteiger partial charge >= 0.3 is 5.97 Å². The van der Waals surface area contributed by atoms with Crippen LogP contribution in [0.15, 0.2) is 47.4 Å². The molecule has 6 heteroatoms. The molecule has 1 unspecified atom stereocenters. The number of nitrogens with one attached hydrogen (secondary N) is 1. The van der Waals surface area contributed by atoms with Gasteiger partial charge in [-0.05, 0) is 55.1 Å². The summed E-state index contributed by atoms with van der Waals surface area (Å²) < 4.78 is 5.55. The largest absolute Gasteiger partial charge is 0.493 e. The number of aliphatic carboxylic acids is 1. The van der Waals surface area contributed by atoms with Gasteiger partial charge in [0.25, 0.3) is 0 Å². The molecule has 0 heterocycles. The third-order valence-electron chi connectivity index (χ3n) is 3.39. The minimum absolute atomic E-state index is 0.526. The zero-order chi connectivity index (χ0) is 17.5. The zero-order valence-corrected chi connectivity index (χ0v) is 14.3. The van der Waals surface area contributed by atoms with Crippen LogP contribution in [0.4, 0.5) is 5.69 Å². The first-order valence-corrected chi connectivity index (χ1v) is 8.61. The molecule has 1 atom stereocenters. The molecular formula is C18H18N2O3S. The Kier molecular flexibility index (Phi) is 6.10. The number of benzene rings is 2. The number of ether oxygens (including phenoxy) is 1. The Balaban J connectivity index is 2.29. The summed E-state index contributed by atoms with van der Waals surface area (Å²) in [5, 5.41) is 21.4. The van der Waals surface area contributed by atoms with E-state index in [9.17, 15) is 9.90 Å². The van der Waals surface area contributed by atoms with E-state index >= 15 is 0 Å². The maximum atomic E-state index is 11.7. The third-order valence-corrected chi connectivity index (χ3v) is 4.15. The molecule has 2 aromatic rings. The Hall–Kier alpha value is -2.65. The van der Waals surface area contributed by atoms with Gasteiger partial charge in [-0.25, -0.2) is 4.79 Å². The second kappa shape index (κ2) is 8.27. The highest BCUT2D eigenvalue weighted by atomic mass is 32.2. The van der Waals surface area contributed by atoms with Gasteiger partial charge in [-0.2, -0.15) is 5.26 Å². The fourth-order valence-electron chi connectivity index (χ4n) is 2.23. The van der Waals surface area contributed by atoms with Crippen molar-refractivity contribution in [3.8, 4) is 11.8 Å². The van der Waals surface area contributed by atoms with Gasteiger partial charge < -0.3 is 15.2 Å². The van der Waals surface area contributed by atoms with Crippen LogP contribution in [0.25, 0.3) is 0 Å². The highest BCUT2D eigenvalue weighted by Gasteiger charge is 2.21. The lowest BCUT2D eigenvalue weighted by Crippen LogP contribution is -2.20. The molecule has 0 spiro atoms. The summed E-state index contributed by atoms with van der Waals surface area (Å²) in [6, 6.07) is 13.2. The average molecular weight is 342 g/mol. The number of thioether (sulfide) groups is 1. The molecule has 0 aliphatic heterocycles. The van der Waals surface area contributed by atoms with Crippen LogP contribution in [0.5, 0.6) is 5.75 Å². The van der Waals surface area contributed by atoms with Gasteiger partial charge in [-0.15, -0.1) is 11.8 Å². The Bertz CT molecular complexity index is 754. The Morgan fingerprint density at radius 3 is 2.58 bits per heavy atom. The number of anilines is 1. The number of hydrogen-bond donors (Lipinski definition) is 2. The monoisotopic (exact) mass is 342 g/mol. The van der Waals surface area contributed by atoms with Gasteiger partial charge in [0.1, 0.15) is 5.75 Å². The minimum Gasteiger partial charge on any atom is -0.493 e. The van der Waals surface area contributed by atoms with Crippen LogP contribution in [0.2, 0.25) is 0 Å². The molecular weight excluding hydrogens is 324 g/mol. The summed E-state index contributed by atoms with van der Waals surface area (Å²) in [5.41, 5.74) is 1.80. The lowest BCUT2D eigenvalue weighted by molar-refractivity contribution is -0.138. The van der Waals surface area contributed by atoms with Gasteiger partial charge in [0, 0.05) is 10.6 Å². The van der Waals surface area contributed by atoms with E-state index in [1.807, 2.05) is 25.3 Å². The molecule has 0 bridgehead atoms. The molecule has 0 saturated heterocycles. The third kappa shape index (κ3) is 4.21. The summed E-state index contributed by atoms with van der Waals surface area (Å²) in [4.78, 5) is 12.6. The maximum Gasteiger partial charge on any atom is 0.330 e. The first-order valence-electron chi connectivity index (χ1n) is 7.39. The second-order valence-corrected chi connectivity index (χ2v) is 5.80. The fraction of sp³-hybridized carbons (Fsp3) is 0.222. The highest BCUT2D eigenvalue weighted by molar-refractivity contribution is 7.98. The minimum atomic E-state index is -0.976. The molecule has 0 saturated carbocycles. The molecule has 0 fully saturated rings. The van der Waals surface area contributed by atoms with Crippen LogP contribution >= 0.6 is 11.8 Å². The molecule has 2 rings (SSSR count). The summed E-state index contributed by atoms with van der Waals surface area (Å²) in [6.45, 7) is 2.46. The van der Waals surface area contributed by atoms with Gasteiger partial charge in [-0.3, -0.25) is 0 Å². The Labute approximate surface area is 145 Å². The van der Waals surface area contributed by atoms with E-state index in [-0.39, 0.29) is 0 Å². The number of hydrogen-bond acceptors (Lipinski definition) is 5. The number of nitrogens with zero attached hydrogens (tertiary/aromatic N) is 1. The van der Waals surface area contributed by atoms with E-state index in [2.05, 4.69) is 5.32 Å². The second-order valence-electron chi connectivity index (χ2n) is 4.95. The van der Waals surface area contributed by atoms with Crippen molar-refractivity contribution >= 4 is 23.4 Å². The van der Waals surface area contributed by atoms with E-state index in [1.165, 1.54) is 11.8 Å². The molecule has 24 heavy (non-hydrogen) atoms. The van der Waals surface area contributed by atoms with Crippen molar-refractivity contribution in [1.82, 2.24) is 0 Å². The average Bonchev–Trinajstić information content (AvgIpc) is 2.60. The van der Waals surface area contributed by atoms with Crippen LogP contribution in [-0.2, 0) is 4.79 Å². The zero-order valence-electron chi connectivity index (χ0n) is 13.4. The topological polar surface area (TPSA) is 82.3 Å². The predicted octanol–water partition coefficient (Wildman–Crippen LogP) is 3.92. The maximum absolute atomic E-state index is 11.7. The number of rotatable bonds is 7. The standard InChI is InChI=1S/C18H18N2O3S/c1-3-23-15-9-6-13(10-16(15)24-2)17(18(21)22)20-14-7-4-12(11-19)5-8-14/h4-10,17,20H,3H2,1-2H3,(H,21,22). The van der Waals surface area contributed by atoms with Crippen molar-refractivity contribution in [2.75, 3.05) is 18.2 Å². The van der Waals surface area contributed by atoms with Crippen molar-refractivity contribution in [3.05, 3.63) is 53.6 Å². The van der Waals surface area contributed by atoms with E-state index < -0.39 is 12.0 Å². The van der Waals surface area contributed by atoms with Crippen LogP contribution in [-0.4, -0.2) is 23.9 Å². The molecule has 0 aromatic heterocycles. The van der Waals surface area contributed by atoms with Gasteiger partial charge in [0.15, 0.2) is 6.04 Å². The quantitative estimate of drug-likeness (QED) is 0.742. The van der Waals surface area contributed by atoms with Crippen LogP contribution in [0.3, 0.4) is 0 Å². The molecule has 2 N–H and O–H groups in total. The van der Waals surface area contributed by atoms with Crippen molar-refractivity contribution in [2.24, 2.45) is 0 Å². The fourth-order valence-corrected chi connectivity index (χ4v) is 2.82. The number of carboxylic acid groups (broad SMARTS) is 1. The predicted molar refractivity (Wildman–Crippen MR) is 94.5 cm³/mol. The smallest absolute Gasteiger partial charge is 0.330 e. The molecule has 5 nitrogen and oxygen atoms in total. The van der Waals surface area contributed by atoms with Gasteiger partial charge in [-0.1, -0.05) is 6.07 Å². The molecule has 124 valence electrons. The molecule has 2 aromatic carbocycles. The molecule has 0 aliphatic carbocycles. The molecule has 0 aliphatic rings. The lowest BCUT2D eigenvalue weighted by Gasteiger charge is -2.18. The van der Waals surface area contributed by atoms with E-state index in [4.69, 9.17) is 10.00 Å². The SMILES string of the molecule is CCOc1ccc(C(Nc2ccc(C#N)cc2)C(=O)O)cc1SC. The lowest BCUT2D eigenvalue weighted by atomic mass is 10.1. The van der Waals surface area contributed by atoms with Crippen molar-refractivity contribution in [2.45, 2.75) is 17.9 Å². The molecule has 0 radical (unpaired) electrons. The Morgan fingerprint density at radius 1 is 1.33 bits per heavy atom. The highest BCUT2D eigenvalue weighted by Crippen LogP contribution is 2.32. The van der Waals surface area contributed by atoms with E-state index in [1.54, 1.807) is 36.4 Å². The first-order chi connectivity index (χ1) is 11.6. The number of nitriles is 1. The normalized spacial score (nSPS) is 11.4. The van der Waals surface area contributed by atoms with Crippen LogP contribution < -0.4 is 10.1 Å². The van der Waals surface area contributed by atoms with Crippen LogP contribution in [0, 0.1) is 11.3 Å². The summed E-state index contributed by atoms with van der Waals surface area (Å²) in [6.07, 6.45) is 1.92. The number of carboxylic acids is 1. The first kappa shape index (κ1) is 17.7.